The van der Waals surface area contributed by atoms with E-state index in [0.29, 0.717) is 19.7 Å². The van der Waals surface area contributed by atoms with E-state index in [9.17, 15) is 13.2 Å². The maximum absolute atomic E-state index is 12.3. The summed E-state index contributed by atoms with van der Waals surface area (Å²) in [7, 11) is 1.59. The highest BCUT2D eigenvalue weighted by molar-refractivity contribution is 5.00. The lowest BCUT2D eigenvalue weighted by molar-refractivity contribution is -0.141. The van der Waals surface area contributed by atoms with Crippen LogP contribution in [0, 0.1) is 0 Å². The van der Waals surface area contributed by atoms with Gasteiger partial charge in [0.05, 0.1) is 25.0 Å². The van der Waals surface area contributed by atoms with Gasteiger partial charge in [-0.1, -0.05) is 0 Å². The summed E-state index contributed by atoms with van der Waals surface area (Å²) >= 11 is 0. The Morgan fingerprint density at radius 1 is 1.50 bits per heavy atom. The molecule has 1 atom stereocenters. The smallest absolute Gasteiger partial charge is 0.383 e. The molecule has 0 spiro atoms. The second kappa shape index (κ2) is 6.75. The molecule has 0 saturated carbocycles. The van der Waals surface area contributed by atoms with Crippen molar-refractivity contribution in [3.63, 3.8) is 0 Å². The van der Waals surface area contributed by atoms with Gasteiger partial charge in [-0.25, -0.2) is 4.98 Å². The van der Waals surface area contributed by atoms with Crippen molar-refractivity contribution in [3.05, 3.63) is 18.2 Å². The van der Waals surface area contributed by atoms with E-state index in [1.165, 1.54) is 13.3 Å². The predicted octanol–water partition coefficient (Wildman–Crippen LogP) is 2.13. The number of hydrogen-bond donors (Lipinski definition) is 1. The molecule has 1 unspecified atom stereocenters. The second-order valence-corrected chi connectivity index (χ2v) is 4.13. The fraction of sp³-hybridized carbons (Fsp3) is 0.727. The van der Waals surface area contributed by atoms with Crippen LogP contribution in [0.5, 0.6) is 0 Å². The van der Waals surface area contributed by atoms with Crippen LogP contribution in [0.1, 0.15) is 25.1 Å². The van der Waals surface area contributed by atoms with E-state index in [1.54, 1.807) is 17.9 Å². The molecule has 18 heavy (non-hydrogen) atoms. The summed E-state index contributed by atoms with van der Waals surface area (Å²) in [6.45, 7) is 3.22. The summed E-state index contributed by atoms with van der Waals surface area (Å²) in [5, 5.41) is 3.08. The first-order valence-electron chi connectivity index (χ1n) is 5.71. The van der Waals surface area contributed by atoms with Gasteiger partial charge < -0.3 is 14.6 Å². The van der Waals surface area contributed by atoms with Crippen molar-refractivity contribution in [2.45, 2.75) is 32.1 Å². The molecule has 0 amide bonds. The Morgan fingerprint density at radius 3 is 2.83 bits per heavy atom. The molecule has 1 heterocycles. The van der Waals surface area contributed by atoms with Gasteiger partial charge in [0.2, 0.25) is 0 Å². The summed E-state index contributed by atoms with van der Waals surface area (Å²) in [5.41, 5.74) is 0.739. The van der Waals surface area contributed by atoms with Crippen molar-refractivity contribution in [2.75, 3.05) is 20.3 Å². The largest absolute Gasteiger partial charge is 0.391 e. The van der Waals surface area contributed by atoms with Gasteiger partial charge in [0.25, 0.3) is 0 Å². The molecule has 0 aliphatic heterocycles. The van der Waals surface area contributed by atoms with Crippen LogP contribution in [0.3, 0.4) is 0 Å². The zero-order valence-corrected chi connectivity index (χ0v) is 10.5. The molecule has 0 bridgehead atoms. The fourth-order valence-electron chi connectivity index (χ4n) is 1.69. The summed E-state index contributed by atoms with van der Waals surface area (Å²) in [6.07, 6.45) is -2.00. The van der Waals surface area contributed by atoms with Gasteiger partial charge in [-0.2, -0.15) is 13.2 Å². The third kappa shape index (κ3) is 5.05. The van der Waals surface area contributed by atoms with Crippen LogP contribution in [-0.2, 0) is 11.3 Å². The van der Waals surface area contributed by atoms with Crippen molar-refractivity contribution in [2.24, 2.45) is 0 Å². The zero-order chi connectivity index (χ0) is 13.6. The standard InChI is InChI=1S/C11H18F3N3O/c1-9(5-11(12,13)14)17-8-16-7-10(17)6-15-3-4-18-2/h7-9,15H,3-6H2,1-2H3. The molecular formula is C11H18F3N3O. The molecule has 1 aromatic rings. The molecule has 7 heteroatoms. The van der Waals surface area contributed by atoms with Crippen LogP contribution in [0.4, 0.5) is 13.2 Å². The average molecular weight is 265 g/mol. The first kappa shape index (κ1) is 15.0. The number of alkyl halides is 3. The molecule has 0 aliphatic rings. The highest BCUT2D eigenvalue weighted by atomic mass is 19.4. The van der Waals surface area contributed by atoms with E-state index < -0.39 is 18.6 Å². The monoisotopic (exact) mass is 265 g/mol. The van der Waals surface area contributed by atoms with Crippen molar-refractivity contribution < 1.29 is 17.9 Å². The van der Waals surface area contributed by atoms with Crippen molar-refractivity contribution in [3.8, 4) is 0 Å². The Hall–Kier alpha value is -1.08. The summed E-state index contributed by atoms with van der Waals surface area (Å²) in [4.78, 5) is 3.90. The van der Waals surface area contributed by atoms with Gasteiger partial charge in [0.1, 0.15) is 0 Å². The SMILES string of the molecule is COCCNCc1cncn1C(C)CC(F)(F)F. The molecule has 1 N–H and O–H groups in total. The normalized spacial score (nSPS) is 13.8. The zero-order valence-electron chi connectivity index (χ0n) is 10.5. The number of aromatic nitrogens is 2. The number of nitrogens with one attached hydrogen (secondary N) is 1. The highest BCUT2D eigenvalue weighted by Crippen LogP contribution is 2.27. The van der Waals surface area contributed by atoms with Gasteiger partial charge in [-0.05, 0) is 6.92 Å². The Bertz CT molecular complexity index is 352. The Kier molecular flexibility index (Phi) is 5.61. The Balaban J connectivity index is 2.53. The quantitative estimate of drug-likeness (QED) is 0.768. The summed E-state index contributed by atoms with van der Waals surface area (Å²) in [5.74, 6) is 0. The first-order valence-corrected chi connectivity index (χ1v) is 5.71. The van der Waals surface area contributed by atoms with Crippen LogP contribution in [0.15, 0.2) is 12.5 Å². The number of halogens is 3. The molecule has 1 aromatic heterocycles. The van der Waals surface area contributed by atoms with Crippen LogP contribution < -0.4 is 5.32 Å². The lowest BCUT2D eigenvalue weighted by Gasteiger charge is -2.18. The van der Waals surface area contributed by atoms with Crippen LogP contribution >= 0.6 is 0 Å². The molecule has 0 fully saturated rings. The topological polar surface area (TPSA) is 39.1 Å². The molecule has 4 nitrogen and oxygen atoms in total. The molecule has 0 aliphatic carbocycles. The van der Waals surface area contributed by atoms with Gasteiger partial charge in [0, 0.05) is 32.4 Å². The third-order valence-electron chi connectivity index (χ3n) is 2.54. The Morgan fingerprint density at radius 2 is 2.22 bits per heavy atom. The predicted molar refractivity (Wildman–Crippen MR) is 61.2 cm³/mol. The van der Waals surface area contributed by atoms with Crippen LogP contribution in [-0.4, -0.2) is 36.0 Å². The van der Waals surface area contributed by atoms with Gasteiger partial charge in [0.15, 0.2) is 0 Å². The minimum Gasteiger partial charge on any atom is -0.383 e. The van der Waals surface area contributed by atoms with Crippen molar-refractivity contribution in [1.29, 1.82) is 0 Å². The average Bonchev–Trinajstić information content (AvgIpc) is 2.70. The molecular weight excluding hydrogens is 247 g/mol. The Labute approximate surface area is 104 Å². The molecule has 0 saturated heterocycles. The second-order valence-electron chi connectivity index (χ2n) is 4.13. The number of ether oxygens (including phenoxy) is 1. The number of imidazole rings is 1. The van der Waals surface area contributed by atoms with Crippen molar-refractivity contribution in [1.82, 2.24) is 14.9 Å². The number of methoxy groups -OCH3 is 1. The van der Waals surface area contributed by atoms with Crippen LogP contribution in [0.25, 0.3) is 0 Å². The third-order valence-corrected chi connectivity index (χ3v) is 2.54. The van der Waals surface area contributed by atoms with E-state index in [2.05, 4.69) is 10.3 Å². The number of nitrogens with zero attached hydrogens (tertiary/aromatic N) is 2. The van der Waals surface area contributed by atoms with Crippen LogP contribution in [0.2, 0.25) is 0 Å². The van der Waals surface area contributed by atoms with E-state index in [1.807, 2.05) is 0 Å². The van der Waals surface area contributed by atoms with Crippen molar-refractivity contribution >= 4 is 0 Å². The highest BCUT2D eigenvalue weighted by Gasteiger charge is 2.31. The van der Waals surface area contributed by atoms with Gasteiger partial charge >= 0.3 is 6.18 Å². The minimum atomic E-state index is -4.16. The number of hydrogen-bond acceptors (Lipinski definition) is 3. The van der Waals surface area contributed by atoms with E-state index in [0.717, 1.165) is 5.69 Å². The van der Waals surface area contributed by atoms with E-state index >= 15 is 0 Å². The fourth-order valence-corrected chi connectivity index (χ4v) is 1.69. The van der Waals surface area contributed by atoms with Gasteiger partial charge in [-0.3, -0.25) is 0 Å². The summed E-state index contributed by atoms with van der Waals surface area (Å²) < 4.78 is 43.4. The first-order chi connectivity index (χ1) is 8.44. The maximum atomic E-state index is 12.3. The molecule has 104 valence electrons. The van der Waals surface area contributed by atoms with Gasteiger partial charge in [-0.15, -0.1) is 0 Å². The maximum Gasteiger partial charge on any atom is 0.391 e. The molecule has 0 aromatic carbocycles. The number of rotatable bonds is 7. The lowest BCUT2D eigenvalue weighted by atomic mass is 10.2. The lowest BCUT2D eigenvalue weighted by Crippen LogP contribution is -2.23. The van der Waals surface area contributed by atoms with E-state index in [4.69, 9.17) is 4.74 Å². The molecule has 1 rings (SSSR count). The molecule has 0 radical (unpaired) electrons. The minimum absolute atomic E-state index is 0.478. The van der Waals surface area contributed by atoms with E-state index in [-0.39, 0.29) is 0 Å². The summed E-state index contributed by atoms with van der Waals surface area (Å²) in [6, 6.07) is -0.647.